The Labute approximate surface area is 187 Å². The second kappa shape index (κ2) is 19.2. The van der Waals surface area contributed by atoms with Gasteiger partial charge in [-0.05, 0) is 0 Å². The van der Waals surface area contributed by atoms with E-state index < -0.39 is 0 Å². The molecule has 0 nitrogen and oxygen atoms in total. The Morgan fingerprint density at radius 1 is 0.571 bits per heavy atom. The minimum absolute atomic E-state index is 0. The molecular formula is C27H29Ti-5. The molecule has 3 aromatic carbocycles. The Bertz CT molecular complexity index is 630. The van der Waals surface area contributed by atoms with Gasteiger partial charge in [0.1, 0.15) is 0 Å². The predicted octanol–water partition coefficient (Wildman–Crippen LogP) is 7.36. The third-order valence-electron chi connectivity index (χ3n) is 3.11. The molecule has 146 valence electrons. The Morgan fingerprint density at radius 3 is 1.00 bits per heavy atom. The average molecular weight is 401 g/mol. The summed E-state index contributed by atoms with van der Waals surface area (Å²) in [7, 11) is 0. The van der Waals surface area contributed by atoms with E-state index in [2.05, 4.69) is 32.9 Å². The number of rotatable bonds is 0. The molecule has 0 radical (unpaired) electrons. The van der Waals surface area contributed by atoms with Crippen molar-refractivity contribution in [2.75, 3.05) is 0 Å². The predicted molar refractivity (Wildman–Crippen MR) is 121 cm³/mol. The van der Waals surface area contributed by atoms with Crippen LogP contribution in [0.15, 0.2) is 109 Å². The topological polar surface area (TPSA) is 0 Å². The van der Waals surface area contributed by atoms with E-state index in [1.807, 2.05) is 103 Å². The molecule has 3 aromatic rings. The minimum Gasteiger partial charge on any atom is -0.358 e. The summed E-state index contributed by atoms with van der Waals surface area (Å²) in [6.07, 6.45) is 10.0. The van der Waals surface area contributed by atoms with Crippen LogP contribution in [0.1, 0.15) is 23.1 Å². The standard InChI is InChI=1S/3C7H7.C5H5.CH3.Ti/c3*1-7-5-3-2-4-6-7;1-2-4-5-3-1;;/h3*2-6H,1H2;1-3H,4H2;1H3;/q5*-1;. The zero-order valence-corrected chi connectivity index (χ0v) is 18.3. The molecular weight excluding hydrogens is 372 g/mol. The van der Waals surface area contributed by atoms with Gasteiger partial charge in [-0.25, -0.2) is 12.2 Å². The molecule has 0 aliphatic heterocycles. The van der Waals surface area contributed by atoms with Crippen molar-refractivity contribution in [1.29, 1.82) is 0 Å². The molecule has 1 heteroatoms. The van der Waals surface area contributed by atoms with E-state index >= 15 is 0 Å². The zero-order chi connectivity index (χ0) is 18.9. The normalized spacial score (nSPS) is 9.57. The van der Waals surface area contributed by atoms with Gasteiger partial charge in [-0.15, -0.1) is 42.8 Å². The van der Waals surface area contributed by atoms with Crippen LogP contribution >= 0.6 is 0 Å². The summed E-state index contributed by atoms with van der Waals surface area (Å²) in [6.45, 7) is 11.2. The van der Waals surface area contributed by atoms with Crippen molar-refractivity contribution in [3.8, 4) is 0 Å². The molecule has 4 rings (SSSR count). The molecule has 1 aliphatic carbocycles. The van der Waals surface area contributed by atoms with Crippen molar-refractivity contribution >= 4 is 0 Å². The van der Waals surface area contributed by atoms with Crippen LogP contribution in [-0.2, 0) is 21.7 Å². The minimum atomic E-state index is 0. The van der Waals surface area contributed by atoms with Crippen molar-refractivity contribution in [2.45, 2.75) is 6.42 Å². The largest absolute Gasteiger partial charge is 0.358 e. The van der Waals surface area contributed by atoms with Gasteiger partial charge in [0.25, 0.3) is 0 Å². The first-order valence-corrected chi connectivity index (χ1v) is 8.51. The summed E-state index contributed by atoms with van der Waals surface area (Å²) in [5.41, 5.74) is 3.22. The van der Waals surface area contributed by atoms with Gasteiger partial charge in [-0.1, -0.05) is 18.2 Å². The quantitative estimate of drug-likeness (QED) is 0.273. The molecule has 0 saturated heterocycles. The maximum absolute atomic E-state index is 3.72. The van der Waals surface area contributed by atoms with Gasteiger partial charge in [0.05, 0.1) is 0 Å². The molecule has 0 N–H and O–H groups in total. The van der Waals surface area contributed by atoms with Crippen LogP contribution in [0.25, 0.3) is 0 Å². The molecule has 0 bridgehead atoms. The van der Waals surface area contributed by atoms with Crippen LogP contribution in [0.3, 0.4) is 0 Å². The van der Waals surface area contributed by atoms with Gasteiger partial charge < -0.3 is 7.43 Å². The molecule has 0 fully saturated rings. The number of hydrogen-bond acceptors (Lipinski definition) is 0. The SMILES string of the molecule is [C-]1=CC=CC1.[CH2-]c1ccccc1.[CH2-]c1ccccc1.[CH2-]c1ccccc1.[CH3-].[Ti]. The fourth-order valence-corrected chi connectivity index (χ4v) is 1.77. The fourth-order valence-electron chi connectivity index (χ4n) is 1.77. The third-order valence-corrected chi connectivity index (χ3v) is 3.11. The molecule has 0 spiro atoms. The number of allylic oxidation sites excluding steroid dienone is 4. The van der Waals surface area contributed by atoms with Crippen LogP contribution < -0.4 is 0 Å². The molecule has 0 aromatic heterocycles. The first kappa shape index (κ1) is 27.7. The molecule has 1 aliphatic rings. The summed E-state index contributed by atoms with van der Waals surface area (Å²) >= 11 is 0. The zero-order valence-electron chi connectivity index (χ0n) is 16.7. The molecule has 0 unspecified atom stereocenters. The van der Waals surface area contributed by atoms with Gasteiger partial charge in [0.2, 0.25) is 0 Å². The van der Waals surface area contributed by atoms with E-state index in [0.717, 1.165) is 23.1 Å². The maximum atomic E-state index is 3.72. The number of benzene rings is 3. The number of hydrogen-bond donors (Lipinski definition) is 0. The van der Waals surface area contributed by atoms with Gasteiger partial charge in [-0.3, -0.25) is 6.08 Å². The van der Waals surface area contributed by atoms with E-state index in [-0.39, 0.29) is 29.1 Å². The molecule has 28 heavy (non-hydrogen) atoms. The summed E-state index contributed by atoms with van der Waals surface area (Å²) in [5.74, 6) is 0. The summed E-state index contributed by atoms with van der Waals surface area (Å²) in [4.78, 5) is 0. The van der Waals surface area contributed by atoms with Crippen molar-refractivity contribution < 1.29 is 21.7 Å². The molecule has 0 heterocycles. The first-order chi connectivity index (χ1) is 12.7. The van der Waals surface area contributed by atoms with E-state index in [0.29, 0.717) is 0 Å². The van der Waals surface area contributed by atoms with Crippen molar-refractivity contribution in [2.24, 2.45) is 0 Å². The molecule has 0 saturated carbocycles. The van der Waals surface area contributed by atoms with Crippen LogP contribution in [0, 0.1) is 34.3 Å². The Morgan fingerprint density at radius 2 is 0.893 bits per heavy atom. The van der Waals surface area contributed by atoms with Crippen molar-refractivity contribution in [1.82, 2.24) is 0 Å². The first-order valence-electron chi connectivity index (χ1n) is 8.51. The molecule has 0 amide bonds. The van der Waals surface area contributed by atoms with Crippen LogP contribution in [0.4, 0.5) is 0 Å². The summed E-state index contributed by atoms with van der Waals surface area (Å²) < 4.78 is 0. The van der Waals surface area contributed by atoms with Crippen molar-refractivity contribution in [3.63, 3.8) is 0 Å². The maximum Gasteiger partial charge on any atom is 0 e. The Hall–Kier alpha value is -2.54. The summed E-state index contributed by atoms with van der Waals surface area (Å²) in [5, 5.41) is 0. The van der Waals surface area contributed by atoms with Crippen molar-refractivity contribution in [3.05, 3.63) is 160 Å². The smallest absolute Gasteiger partial charge is 0 e. The summed E-state index contributed by atoms with van der Waals surface area (Å²) in [6, 6.07) is 29.6. The van der Waals surface area contributed by atoms with Gasteiger partial charge in [0.15, 0.2) is 0 Å². The average Bonchev–Trinajstić information content (AvgIpc) is 3.25. The van der Waals surface area contributed by atoms with Gasteiger partial charge in [0, 0.05) is 21.7 Å². The van der Waals surface area contributed by atoms with Crippen LogP contribution in [0.5, 0.6) is 0 Å². The molecule has 0 atom stereocenters. The van der Waals surface area contributed by atoms with E-state index in [1.54, 1.807) is 0 Å². The van der Waals surface area contributed by atoms with E-state index in [4.69, 9.17) is 0 Å². The fraction of sp³-hybridized carbons (Fsp3) is 0.0370. The Kier molecular flexibility index (Phi) is 19.0. The third kappa shape index (κ3) is 16.9. The van der Waals surface area contributed by atoms with Crippen LogP contribution in [-0.4, -0.2) is 0 Å². The Balaban J connectivity index is 0. The van der Waals surface area contributed by atoms with Gasteiger partial charge >= 0.3 is 0 Å². The monoisotopic (exact) mass is 401 g/mol. The van der Waals surface area contributed by atoms with Crippen LogP contribution in [0.2, 0.25) is 0 Å². The second-order valence-electron chi connectivity index (χ2n) is 5.46. The van der Waals surface area contributed by atoms with Gasteiger partial charge in [-0.2, -0.15) is 79.9 Å². The second-order valence-corrected chi connectivity index (χ2v) is 5.46. The van der Waals surface area contributed by atoms with E-state index in [1.165, 1.54) is 0 Å². The van der Waals surface area contributed by atoms with E-state index in [9.17, 15) is 0 Å².